The number of aromatic nitrogens is 3. The Labute approximate surface area is 177 Å². The molecule has 1 aromatic carbocycles. The number of likely N-dealkylation sites (N-methyl/N-ethyl adjacent to an activating group) is 1. The number of rotatable bonds is 6. The molecule has 0 radical (unpaired) electrons. The van der Waals surface area contributed by atoms with Gasteiger partial charge < -0.3 is 14.8 Å². The number of hydrogen-bond acceptors (Lipinski definition) is 5. The van der Waals surface area contributed by atoms with Gasteiger partial charge in [0.15, 0.2) is 0 Å². The Morgan fingerprint density at radius 3 is 2.60 bits per heavy atom. The van der Waals surface area contributed by atoms with E-state index in [1.165, 1.54) is 12.1 Å². The predicted molar refractivity (Wildman–Crippen MR) is 113 cm³/mol. The smallest absolute Gasteiger partial charge is 0.289 e. The number of aryl methyl sites for hydroxylation is 1. The molecule has 3 heterocycles. The third-order valence-electron chi connectivity index (χ3n) is 6.48. The van der Waals surface area contributed by atoms with Gasteiger partial charge in [-0.2, -0.15) is 0 Å². The van der Waals surface area contributed by atoms with Gasteiger partial charge in [-0.3, -0.25) is 9.69 Å². The first-order chi connectivity index (χ1) is 14.4. The van der Waals surface area contributed by atoms with Gasteiger partial charge in [-0.25, -0.2) is 4.39 Å². The number of amides is 1. The maximum atomic E-state index is 13.1. The number of halogens is 1. The molecule has 2 aromatic rings. The number of likely N-dealkylation sites (tertiary alicyclic amines) is 1. The number of carbonyl (C=O) groups excluding carboxylic acids is 1. The molecule has 1 aromatic heterocycles. The van der Waals surface area contributed by atoms with E-state index < -0.39 is 0 Å². The van der Waals surface area contributed by atoms with Crippen LogP contribution < -0.4 is 5.32 Å². The second-order valence-corrected chi connectivity index (χ2v) is 8.99. The van der Waals surface area contributed by atoms with E-state index in [1.807, 2.05) is 35.7 Å². The molecule has 7 nitrogen and oxygen atoms in total. The van der Waals surface area contributed by atoms with Crippen LogP contribution in [0.3, 0.4) is 0 Å². The van der Waals surface area contributed by atoms with Gasteiger partial charge in [-0.15, -0.1) is 10.2 Å². The predicted octanol–water partition coefficient (Wildman–Crippen LogP) is 1.94. The van der Waals surface area contributed by atoms with Crippen molar-refractivity contribution in [3.63, 3.8) is 0 Å². The van der Waals surface area contributed by atoms with Crippen molar-refractivity contribution < 1.29 is 9.18 Å². The number of carbonyl (C=O) groups is 1. The number of piperidine rings is 1. The third-order valence-corrected chi connectivity index (χ3v) is 6.48. The largest absolute Gasteiger partial charge is 0.348 e. The summed E-state index contributed by atoms with van der Waals surface area (Å²) in [5.74, 6) is 1.04. The fourth-order valence-electron chi connectivity index (χ4n) is 4.56. The van der Waals surface area contributed by atoms with Gasteiger partial charge in [0.25, 0.3) is 5.91 Å². The van der Waals surface area contributed by atoms with Crippen LogP contribution in [0.15, 0.2) is 24.3 Å². The molecule has 0 aliphatic carbocycles. The Bertz CT molecular complexity index is 870. The molecule has 8 heteroatoms. The number of hydrogen-bond donors (Lipinski definition) is 1. The van der Waals surface area contributed by atoms with E-state index in [2.05, 4.69) is 20.4 Å². The zero-order valence-corrected chi connectivity index (χ0v) is 17.9. The molecule has 0 saturated carbocycles. The third kappa shape index (κ3) is 4.70. The molecule has 0 unspecified atom stereocenters. The topological polar surface area (TPSA) is 66.3 Å². The molecule has 2 aliphatic rings. The van der Waals surface area contributed by atoms with Gasteiger partial charge in [0.05, 0.1) is 0 Å². The van der Waals surface area contributed by atoms with Gasteiger partial charge in [-0.1, -0.05) is 12.1 Å². The summed E-state index contributed by atoms with van der Waals surface area (Å²) in [4.78, 5) is 17.1. The minimum absolute atomic E-state index is 0.138. The van der Waals surface area contributed by atoms with E-state index in [0.29, 0.717) is 12.4 Å². The number of nitrogens with one attached hydrogen (secondary N) is 1. The van der Waals surface area contributed by atoms with Gasteiger partial charge in [0.2, 0.25) is 5.82 Å². The first-order valence-electron chi connectivity index (χ1n) is 10.8. The SMILES string of the molecule is CN(C)CCNC(=O)c1nnc2n1CC1(CC2)CCN(Cc2ccc(F)cc2)CC1. The van der Waals surface area contributed by atoms with Gasteiger partial charge in [0.1, 0.15) is 11.6 Å². The lowest BCUT2D eigenvalue weighted by Gasteiger charge is -2.44. The Morgan fingerprint density at radius 1 is 1.17 bits per heavy atom. The van der Waals surface area contributed by atoms with Crippen LogP contribution in [-0.2, 0) is 19.5 Å². The first-order valence-corrected chi connectivity index (χ1v) is 10.8. The lowest BCUT2D eigenvalue weighted by molar-refractivity contribution is 0.0618. The maximum Gasteiger partial charge on any atom is 0.289 e. The average molecular weight is 415 g/mol. The molecule has 1 saturated heterocycles. The van der Waals surface area contributed by atoms with E-state index >= 15 is 0 Å². The van der Waals surface area contributed by atoms with Gasteiger partial charge in [0, 0.05) is 32.6 Å². The highest BCUT2D eigenvalue weighted by Gasteiger charge is 2.39. The maximum absolute atomic E-state index is 13.1. The Morgan fingerprint density at radius 2 is 1.90 bits per heavy atom. The molecule has 162 valence electrons. The summed E-state index contributed by atoms with van der Waals surface area (Å²) in [6.45, 7) is 5.08. The van der Waals surface area contributed by atoms with Crippen molar-refractivity contribution in [2.24, 2.45) is 5.41 Å². The Balaban J connectivity index is 1.36. The molecular formula is C22H31FN6O. The zero-order valence-electron chi connectivity index (χ0n) is 17.9. The average Bonchev–Trinajstić information content (AvgIpc) is 3.14. The van der Waals surface area contributed by atoms with Crippen LogP contribution in [-0.4, -0.2) is 70.7 Å². The summed E-state index contributed by atoms with van der Waals surface area (Å²) in [5, 5.41) is 11.4. The van der Waals surface area contributed by atoms with Crippen molar-refractivity contribution >= 4 is 5.91 Å². The number of benzene rings is 1. The van der Waals surface area contributed by atoms with E-state index in [1.54, 1.807) is 0 Å². The Hall–Kier alpha value is -2.32. The lowest BCUT2D eigenvalue weighted by Crippen LogP contribution is -2.45. The molecule has 0 atom stereocenters. The van der Waals surface area contributed by atoms with Crippen molar-refractivity contribution in [2.75, 3.05) is 40.3 Å². The van der Waals surface area contributed by atoms with Crippen LogP contribution in [0.2, 0.25) is 0 Å². The van der Waals surface area contributed by atoms with Gasteiger partial charge >= 0.3 is 0 Å². The molecule has 1 N–H and O–H groups in total. The lowest BCUT2D eigenvalue weighted by atomic mass is 9.73. The molecule has 1 fully saturated rings. The molecule has 0 bridgehead atoms. The monoisotopic (exact) mass is 414 g/mol. The summed E-state index contributed by atoms with van der Waals surface area (Å²) in [6.07, 6.45) is 4.15. The molecule has 30 heavy (non-hydrogen) atoms. The summed E-state index contributed by atoms with van der Waals surface area (Å²) in [7, 11) is 3.97. The van der Waals surface area contributed by atoms with E-state index in [-0.39, 0.29) is 17.1 Å². The summed E-state index contributed by atoms with van der Waals surface area (Å²) >= 11 is 0. The quantitative estimate of drug-likeness (QED) is 0.783. The molecule has 2 aliphatic heterocycles. The highest BCUT2D eigenvalue weighted by Crippen LogP contribution is 2.41. The number of nitrogens with zero attached hydrogens (tertiary/aromatic N) is 5. The van der Waals surface area contributed by atoms with Crippen LogP contribution in [0.25, 0.3) is 0 Å². The molecule has 1 spiro atoms. The fourth-order valence-corrected chi connectivity index (χ4v) is 4.56. The van der Waals surface area contributed by atoms with Crippen molar-refractivity contribution in [3.05, 3.63) is 47.3 Å². The van der Waals surface area contributed by atoms with Crippen molar-refractivity contribution in [2.45, 2.75) is 38.8 Å². The van der Waals surface area contributed by atoms with Gasteiger partial charge in [-0.05, 0) is 69.6 Å². The normalized spacial score (nSPS) is 18.5. The molecule has 4 rings (SSSR count). The van der Waals surface area contributed by atoms with Crippen molar-refractivity contribution in [3.8, 4) is 0 Å². The minimum atomic E-state index is -0.190. The second kappa shape index (κ2) is 8.81. The number of fused-ring (bicyclic) bond motifs is 1. The summed E-state index contributed by atoms with van der Waals surface area (Å²) in [5.41, 5.74) is 1.35. The highest BCUT2D eigenvalue weighted by atomic mass is 19.1. The van der Waals surface area contributed by atoms with Crippen LogP contribution in [0.5, 0.6) is 0 Å². The van der Waals surface area contributed by atoms with Crippen molar-refractivity contribution in [1.82, 2.24) is 29.9 Å². The molecular weight excluding hydrogens is 383 g/mol. The minimum Gasteiger partial charge on any atom is -0.348 e. The fraction of sp³-hybridized carbons (Fsp3) is 0.591. The second-order valence-electron chi connectivity index (χ2n) is 8.99. The standard InChI is InChI=1S/C22H31FN6O/c1-27(2)14-11-24-21(30)20-26-25-19-7-8-22(16-29(19)20)9-12-28(13-10-22)15-17-3-5-18(23)6-4-17/h3-6H,7-16H2,1-2H3,(H,24,30). The summed E-state index contributed by atoms with van der Waals surface area (Å²) < 4.78 is 15.2. The van der Waals surface area contributed by atoms with Crippen molar-refractivity contribution in [1.29, 1.82) is 0 Å². The highest BCUT2D eigenvalue weighted by molar-refractivity contribution is 5.90. The van der Waals surface area contributed by atoms with E-state index in [4.69, 9.17) is 0 Å². The van der Waals surface area contributed by atoms with E-state index in [9.17, 15) is 9.18 Å². The van der Waals surface area contributed by atoms with Crippen LogP contribution >= 0.6 is 0 Å². The Kier molecular flexibility index (Phi) is 6.15. The van der Waals surface area contributed by atoms with Crippen LogP contribution in [0, 0.1) is 11.2 Å². The molecule has 1 amide bonds. The van der Waals surface area contributed by atoms with Crippen LogP contribution in [0.4, 0.5) is 4.39 Å². The van der Waals surface area contributed by atoms with Crippen LogP contribution in [0.1, 0.15) is 41.3 Å². The zero-order chi connectivity index (χ0) is 21.1. The van der Waals surface area contributed by atoms with E-state index in [0.717, 1.165) is 69.8 Å². The first kappa shape index (κ1) is 20.9. The summed E-state index contributed by atoms with van der Waals surface area (Å²) in [6, 6.07) is 6.79.